The fraction of sp³-hybridized carbons (Fsp3) is 0.474. The molecule has 0 aliphatic carbocycles. The lowest BCUT2D eigenvalue weighted by Crippen LogP contribution is -2.31. The molecule has 1 N–H and O–H groups in total. The van der Waals surface area contributed by atoms with Gasteiger partial charge in [-0.2, -0.15) is 5.10 Å². The number of nitrogens with zero attached hydrogens (tertiary/aromatic N) is 3. The summed E-state index contributed by atoms with van der Waals surface area (Å²) in [6.07, 6.45) is 1.43. The Balaban J connectivity index is 0.00000261. The Labute approximate surface area is 176 Å². The van der Waals surface area contributed by atoms with Gasteiger partial charge >= 0.3 is 0 Å². The average Bonchev–Trinajstić information content (AvgIpc) is 3.15. The van der Waals surface area contributed by atoms with Crippen molar-refractivity contribution in [2.24, 2.45) is 5.92 Å². The highest BCUT2D eigenvalue weighted by Gasteiger charge is 2.27. The van der Waals surface area contributed by atoms with Gasteiger partial charge in [0.2, 0.25) is 5.91 Å². The Morgan fingerprint density at radius 1 is 1.33 bits per heavy atom. The van der Waals surface area contributed by atoms with Crippen LogP contribution in [0, 0.1) is 19.8 Å². The number of hydrogen-bond acceptors (Lipinski definition) is 3. The SMILES string of the molecule is CNCC1CCN(C(=O)Cc2c(C)nn(-c3ccc(Cl)cc3Cl)c2C)C1.Cl. The summed E-state index contributed by atoms with van der Waals surface area (Å²) in [6.45, 7) is 6.52. The molecule has 3 rings (SSSR count). The van der Waals surface area contributed by atoms with Crippen molar-refractivity contribution < 1.29 is 4.79 Å². The second-order valence-electron chi connectivity index (χ2n) is 6.89. The first-order valence-electron chi connectivity index (χ1n) is 8.83. The van der Waals surface area contributed by atoms with Crippen molar-refractivity contribution in [2.45, 2.75) is 26.7 Å². The summed E-state index contributed by atoms with van der Waals surface area (Å²) in [6, 6.07) is 5.33. The maximum absolute atomic E-state index is 12.8. The first kappa shape index (κ1) is 22.0. The van der Waals surface area contributed by atoms with E-state index in [9.17, 15) is 4.79 Å². The average molecular weight is 432 g/mol. The number of amides is 1. The molecule has 5 nitrogen and oxygen atoms in total. The number of hydrogen-bond donors (Lipinski definition) is 1. The minimum Gasteiger partial charge on any atom is -0.342 e. The van der Waals surface area contributed by atoms with Gasteiger partial charge in [0.15, 0.2) is 0 Å². The van der Waals surface area contributed by atoms with Crippen molar-refractivity contribution >= 4 is 41.5 Å². The topological polar surface area (TPSA) is 50.2 Å². The van der Waals surface area contributed by atoms with E-state index in [1.807, 2.05) is 31.9 Å². The molecule has 27 heavy (non-hydrogen) atoms. The molecule has 0 radical (unpaired) electrons. The van der Waals surface area contributed by atoms with Gasteiger partial charge in [-0.25, -0.2) is 4.68 Å². The number of nitrogens with one attached hydrogen (secondary N) is 1. The molecule has 1 atom stereocenters. The highest BCUT2D eigenvalue weighted by atomic mass is 35.5. The molecule has 148 valence electrons. The highest BCUT2D eigenvalue weighted by molar-refractivity contribution is 6.35. The van der Waals surface area contributed by atoms with Crippen LogP contribution in [0.3, 0.4) is 0 Å². The minimum atomic E-state index is 0. The molecule has 1 aliphatic rings. The van der Waals surface area contributed by atoms with Crippen molar-refractivity contribution in [3.05, 3.63) is 45.2 Å². The van der Waals surface area contributed by atoms with Crippen molar-refractivity contribution in [3.63, 3.8) is 0 Å². The number of aryl methyl sites for hydroxylation is 1. The molecular weight excluding hydrogens is 407 g/mol. The Morgan fingerprint density at radius 3 is 2.74 bits per heavy atom. The quantitative estimate of drug-likeness (QED) is 0.783. The summed E-state index contributed by atoms with van der Waals surface area (Å²) in [5.74, 6) is 0.707. The first-order chi connectivity index (χ1) is 12.4. The number of benzene rings is 1. The number of rotatable bonds is 5. The fourth-order valence-electron chi connectivity index (χ4n) is 3.60. The van der Waals surface area contributed by atoms with Crippen molar-refractivity contribution in [2.75, 3.05) is 26.7 Å². The van der Waals surface area contributed by atoms with Gasteiger partial charge in [0.05, 0.1) is 22.8 Å². The molecule has 2 heterocycles. The molecular formula is C19H25Cl3N4O. The third-order valence-corrected chi connectivity index (χ3v) is 5.58. The van der Waals surface area contributed by atoms with Gasteiger partial charge < -0.3 is 10.2 Å². The third kappa shape index (κ3) is 4.77. The van der Waals surface area contributed by atoms with Crippen molar-refractivity contribution in [1.29, 1.82) is 0 Å². The molecule has 1 unspecified atom stereocenters. The lowest BCUT2D eigenvalue weighted by atomic mass is 10.1. The van der Waals surface area contributed by atoms with Gasteiger partial charge in [-0.3, -0.25) is 4.79 Å². The predicted molar refractivity (Wildman–Crippen MR) is 113 cm³/mol. The highest BCUT2D eigenvalue weighted by Crippen LogP contribution is 2.27. The monoisotopic (exact) mass is 430 g/mol. The van der Waals surface area contributed by atoms with Crippen molar-refractivity contribution in [3.8, 4) is 5.69 Å². The fourth-order valence-corrected chi connectivity index (χ4v) is 4.08. The summed E-state index contributed by atoms with van der Waals surface area (Å²) in [4.78, 5) is 14.7. The van der Waals surface area contributed by atoms with Gasteiger partial charge in [0, 0.05) is 29.4 Å². The molecule has 0 spiro atoms. The van der Waals surface area contributed by atoms with Gasteiger partial charge in [-0.05, 0) is 58.0 Å². The summed E-state index contributed by atoms with van der Waals surface area (Å²) >= 11 is 12.3. The summed E-state index contributed by atoms with van der Waals surface area (Å²) < 4.78 is 1.80. The van der Waals surface area contributed by atoms with Crippen LogP contribution in [0.25, 0.3) is 5.69 Å². The van der Waals surface area contributed by atoms with E-state index in [0.29, 0.717) is 22.4 Å². The van der Waals surface area contributed by atoms with Crippen LogP contribution in [0.1, 0.15) is 23.4 Å². The van der Waals surface area contributed by atoms with Crippen LogP contribution in [-0.2, 0) is 11.2 Å². The van der Waals surface area contributed by atoms with E-state index in [1.54, 1.807) is 16.8 Å². The van der Waals surface area contributed by atoms with Gasteiger partial charge in [-0.1, -0.05) is 23.2 Å². The zero-order valence-corrected chi connectivity index (χ0v) is 18.1. The summed E-state index contributed by atoms with van der Waals surface area (Å²) in [5, 5.41) is 8.92. The third-order valence-electron chi connectivity index (χ3n) is 5.04. The van der Waals surface area contributed by atoms with Crippen LogP contribution in [0.2, 0.25) is 10.0 Å². The molecule has 8 heteroatoms. The zero-order chi connectivity index (χ0) is 18.8. The smallest absolute Gasteiger partial charge is 0.227 e. The number of carbonyl (C=O) groups excluding carboxylic acids is 1. The maximum Gasteiger partial charge on any atom is 0.227 e. The standard InChI is InChI=1S/C19H24Cl2N4O.ClH/c1-12-16(9-19(26)24-7-6-14(11-24)10-22-3)13(2)25(23-12)18-5-4-15(20)8-17(18)21;/h4-5,8,14,22H,6-7,9-11H2,1-3H3;1H. The van der Waals surface area contributed by atoms with Crippen LogP contribution in [0.15, 0.2) is 18.2 Å². The zero-order valence-electron chi connectivity index (χ0n) is 15.8. The Hall–Kier alpha value is -1.27. The predicted octanol–water partition coefficient (Wildman–Crippen LogP) is 3.83. The lowest BCUT2D eigenvalue weighted by Gasteiger charge is -2.17. The Kier molecular flexibility index (Phi) is 7.57. The van der Waals surface area contributed by atoms with E-state index in [1.165, 1.54) is 0 Å². The molecule has 1 fully saturated rings. The number of likely N-dealkylation sites (tertiary alicyclic amines) is 1. The van der Waals surface area contributed by atoms with Gasteiger partial charge in [-0.15, -0.1) is 12.4 Å². The number of halogens is 3. The van der Waals surface area contributed by atoms with E-state index < -0.39 is 0 Å². The van der Waals surface area contributed by atoms with E-state index in [0.717, 1.165) is 48.7 Å². The van der Waals surface area contributed by atoms with Crippen LogP contribution >= 0.6 is 35.6 Å². The van der Waals surface area contributed by atoms with Crippen LogP contribution in [-0.4, -0.2) is 47.3 Å². The maximum atomic E-state index is 12.8. The molecule has 1 aromatic carbocycles. The van der Waals surface area contributed by atoms with Crippen LogP contribution in [0.5, 0.6) is 0 Å². The molecule has 0 bridgehead atoms. The van der Waals surface area contributed by atoms with Gasteiger partial charge in [0.1, 0.15) is 0 Å². The van der Waals surface area contributed by atoms with Crippen LogP contribution in [0.4, 0.5) is 0 Å². The second-order valence-corrected chi connectivity index (χ2v) is 7.73. The van der Waals surface area contributed by atoms with E-state index in [4.69, 9.17) is 23.2 Å². The molecule has 1 aromatic heterocycles. The molecule has 1 saturated heterocycles. The lowest BCUT2D eigenvalue weighted by molar-refractivity contribution is -0.129. The van der Waals surface area contributed by atoms with E-state index in [2.05, 4.69) is 10.4 Å². The Morgan fingerprint density at radius 2 is 2.07 bits per heavy atom. The first-order valence-corrected chi connectivity index (χ1v) is 9.59. The summed E-state index contributed by atoms with van der Waals surface area (Å²) in [7, 11) is 1.95. The van der Waals surface area contributed by atoms with Crippen LogP contribution < -0.4 is 5.32 Å². The minimum absolute atomic E-state index is 0. The van der Waals surface area contributed by atoms with E-state index in [-0.39, 0.29) is 18.3 Å². The summed E-state index contributed by atoms with van der Waals surface area (Å²) in [5.41, 5.74) is 3.53. The molecule has 1 aliphatic heterocycles. The van der Waals surface area contributed by atoms with E-state index >= 15 is 0 Å². The Bertz CT molecular complexity index is 822. The number of carbonyl (C=O) groups is 1. The van der Waals surface area contributed by atoms with Crippen molar-refractivity contribution in [1.82, 2.24) is 20.0 Å². The number of aromatic nitrogens is 2. The molecule has 1 amide bonds. The van der Waals surface area contributed by atoms with Gasteiger partial charge in [0.25, 0.3) is 0 Å². The normalized spacial score (nSPS) is 16.5. The second kappa shape index (κ2) is 9.28. The largest absolute Gasteiger partial charge is 0.342 e. The molecule has 0 saturated carbocycles. The molecule has 2 aromatic rings.